The van der Waals surface area contributed by atoms with Crippen molar-refractivity contribution in [1.29, 1.82) is 0 Å². The predicted octanol–water partition coefficient (Wildman–Crippen LogP) is 4.36. The summed E-state index contributed by atoms with van der Waals surface area (Å²) in [5, 5.41) is 0. The SMILES string of the molecule is COC(=O)C(CC(=O)c1ccc(Br)cc1)(Cc1ccc(Br)cc1)C(=O)OC. The van der Waals surface area contributed by atoms with Crippen LogP contribution in [0, 0.1) is 5.41 Å². The Labute approximate surface area is 174 Å². The summed E-state index contributed by atoms with van der Waals surface area (Å²) in [5.74, 6) is -1.96. The minimum Gasteiger partial charge on any atom is -0.468 e. The van der Waals surface area contributed by atoms with Crippen LogP contribution in [0.1, 0.15) is 22.3 Å². The fourth-order valence-corrected chi connectivity index (χ4v) is 3.32. The lowest BCUT2D eigenvalue weighted by atomic mass is 9.76. The molecule has 7 heteroatoms. The molecule has 5 nitrogen and oxygen atoms in total. The zero-order chi connectivity index (χ0) is 20.0. The van der Waals surface area contributed by atoms with E-state index in [-0.39, 0.29) is 18.6 Å². The van der Waals surface area contributed by atoms with E-state index in [0.717, 1.165) is 8.95 Å². The van der Waals surface area contributed by atoms with Gasteiger partial charge in [0, 0.05) is 20.9 Å². The van der Waals surface area contributed by atoms with E-state index in [1.807, 2.05) is 0 Å². The van der Waals surface area contributed by atoms with Crippen LogP contribution < -0.4 is 0 Å². The highest BCUT2D eigenvalue weighted by Crippen LogP contribution is 2.33. The van der Waals surface area contributed by atoms with E-state index < -0.39 is 17.4 Å². The zero-order valence-electron chi connectivity index (χ0n) is 14.8. The van der Waals surface area contributed by atoms with Crippen molar-refractivity contribution in [3.8, 4) is 0 Å². The normalized spacial score (nSPS) is 11.0. The lowest BCUT2D eigenvalue weighted by molar-refractivity contribution is -0.169. The number of Topliss-reactive ketones (excluding diaryl/α,β-unsaturated/α-hetero) is 1. The van der Waals surface area contributed by atoms with Crippen molar-refractivity contribution >= 4 is 49.6 Å². The second kappa shape index (κ2) is 9.28. The van der Waals surface area contributed by atoms with Gasteiger partial charge in [-0.2, -0.15) is 0 Å². The Morgan fingerprint density at radius 2 is 1.26 bits per heavy atom. The molecule has 2 rings (SSSR count). The molecule has 0 aliphatic heterocycles. The molecule has 0 saturated carbocycles. The van der Waals surface area contributed by atoms with Crippen LogP contribution in [-0.4, -0.2) is 31.9 Å². The van der Waals surface area contributed by atoms with Crippen LogP contribution in [-0.2, 0) is 25.5 Å². The van der Waals surface area contributed by atoms with Gasteiger partial charge in [-0.25, -0.2) is 0 Å². The summed E-state index contributed by atoms with van der Waals surface area (Å²) in [6.07, 6.45) is -0.369. The summed E-state index contributed by atoms with van der Waals surface area (Å²) >= 11 is 6.66. The molecule has 0 N–H and O–H groups in total. The number of methoxy groups -OCH3 is 2. The highest BCUT2D eigenvalue weighted by Gasteiger charge is 2.50. The predicted molar refractivity (Wildman–Crippen MR) is 107 cm³/mol. The van der Waals surface area contributed by atoms with Crippen LogP contribution in [0.3, 0.4) is 0 Å². The Kier molecular flexibility index (Phi) is 7.33. The van der Waals surface area contributed by atoms with E-state index in [2.05, 4.69) is 31.9 Å². The molecule has 0 amide bonds. The lowest BCUT2D eigenvalue weighted by Crippen LogP contribution is -2.45. The number of ether oxygens (including phenoxy) is 2. The molecule has 2 aromatic carbocycles. The van der Waals surface area contributed by atoms with Crippen LogP contribution >= 0.6 is 31.9 Å². The first kappa shape index (κ1) is 21.3. The number of hydrogen-bond donors (Lipinski definition) is 0. The van der Waals surface area contributed by atoms with Crippen molar-refractivity contribution in [2.75, 3.05) is 14.2 Å². The maximum Gasteiger partial charge on any atom is 0.324 e. The van der Waals surface area contributed by atoms with Crippen molar-refractivity contribution in [1.82, 2.24) is 0 Å². The van der Waals surface area contributed by atoms with Gasteiger partial charge < -0.3 is 9.47 Å². The van der Waals surface area contributed by atoms with Crippen molar-refractivity contribution in [2.45, 2.75) is 12.8 Å². The first-order valence-corrected chi connectivity index (χ1v) is 9.61. The Hall–Kier alpha value is -1.99. The maximum absolute atomic E-state index is 12.8. The van der Waals surface area contributed by atoms with Gasteiger partial charge in [0.1, 0.15) is 0 Å². The second-order valence-corrected chi connectivity index (χ2v) is 7.81. The largest absolute Gasteiger partial charge is 0.468 e. The van der Waals surface area contributed by atoms with Crippen molar-refractivity contribution in [2.24, 2.45) is 5.41 Å². The van der Waals surface area contributed by atoms with Gasteiger partial charge in [0.2, 0.25) is 0 Å². The third-order valence-corrected chi connectivity index (χ3v) is 5.26. The van der Waals surface area contributed by atoms with E-state index in [4.69, 9.17) is 9.47 Å². The van der Waals surface area contributed by atoms with Gasteiger partial charge >= 0.3 is 11.9 Å². The minimum absolute atomic E-state index is 0.0120. The van der Waals surface area contributed by atoms with Crippen LogP contribution in [0.4, 0.5) is 0 Å². The molecule has 0 saturated heterocycles. The number of carbonyl (C=O) groups is 3. The molecule has 27 heavy (non-hydrogen) atoms. The smallest absolute Gasteiger partial charge is 0.324 e. The number of carbonyl (C=O) groups excluding carboxylic acids is 3. The standard InChI is InChI=1S/C20H18Br2O5/c1-26-18(24)20(19(25)27-2,11-13-3-7-15(21)8-4-13)12-17(23)14-5-9-16(22)10-6-14/h3-10H,11-12H2,1-2H3. The Morgan fingerprint density at radius 1 is 0.815 bits per heavy atom. The van der Waals surface area contributed by atoms with Gasteiger partial charge in [-0.05, 0) is 36.2 Å². The van der Waals surface area contributed by atoms with Crippen molar-refractivity contribution in [3.05, 3.63) is 68.6 Å². The Balaban J connectivity index is 2.44. The summed E-state index contributed by atoms with van der Waals surface area (Å²) < 4.78 is 11.4. The van der Waals surface area contributed by atoms with Crippen LogP contribution in [0.15, 0.2) is 57.5 Å². The van der Waals surface area contributed by atoms with E-state index in [1.165, 1.54) is 14.2 Å². The quantitative estimate of drug-likeness (QED) is 0.323. The molecular weight excluding hydrogens is 480 g/mol. The van der Waals surface area contributed by atoms with E-state index in [1.54, 1.807) is 48.5 Å². The highest BCUT2D eigenvalue weighted by molar-refractivity contribution is 9.10. The summed E-state index contributed by atoms with van der Waals surface area (Å²) in [6, 6.07) is 13.8. The Morgan fingerprint density at radius 3 is 1.70 bits per heavy atom. The molecule has 2 aromatic rings. The topological polar surface area (TPSA) is 69.7 Å². The molecule has 0 bridgehead atoms. The third-order valence-electron chi connectivity index (χ3n) is 4.20. The van der Waals surface area contributed by atoms with E-state index >= 15 is 0 Å². The summed E-state index contributed by atoms with van der Waals surface area (Å²) in [7, 11) is 2.37. The van der Waals surface area contributed by atoms with Gasteiger partial charge in [0.15, 0.2) is 11.2 Å². The average molecular weight is 498 g/mol. The fraction of sp³-hybridized carbons (Fsp3) is 0.250. The highest BCUT2D eigenvalue weighted by atomic mass is 79.9. The summed E-state index contributed by atoms with van der Waals surface area (Å²) in [4.78, 5) is 38.1. The molecule has 0 spiro atoms. The van der Waals surface area contributed by atoms with Crippen molar-refractivity contribution < 1.29 is 23.9 Å². The minimum atomic E-state index is -1.76. The van der Waals surface area contributed by atoms with Crippen LogP contribution in [0.5, 0.6) is 0 Å². The Bertz CT molecular complexity index is 812. The van der Waals surface area contributed by atoms with Crippen LogP contribution in [0.2, 0.25) is 0 Å². The maximum atomic E-state index is 12.8. The van der Waals surface area contributed by atoms with E-state index in [0.29, 0.717) is 11.1 Å². The molecule has 0 aliphatic rings. The molecule has 0 fully saturated rings. The van der Waals surface area contributed by atoms with Crippen LogP contribution in [0.25, 0.3) is 0 Å². The number of halogens is 2. The first-order valence-electron chi connectivity index (χ1n) is 8.02. The fourth-order valence-electron chi connectivity index (χ4n) is 2.79. The number of hydrogen-bond acceptors (Lipinski definition) is 5. The first-order chi connectivity index (χ1) is 12.8. The number of benzene rings is 2. The molecule has 0 aromatic heterocycles. The molecule has 142 valence electrons. The average Bonchev–Trinajstić information content (AvgIpc) is 2.68. The molecule has 0 unspecified atom stereocenters. The van der Waals surface area contributed by atoms with Gasteiger partial charge in [0.05, 0.1) is 14.2 Å². The second-order valence-electron chi connectivity index (χ2n) is 5.98. The molecule has 0 atom stereocenters. The number of esters is 2. The lowest BCUT2D eigenvalue weighted by Gasteiger charge is -2.27. The van der Waals surface area contributed by atoms with Crippen molar-refractivity contribution in [3.63, 3.8) is 0 Å². The zero-order valence-corrected chi connectivity index (χ0v) is 18.0. The molecule has 0 radical (unpaired) electrons. The summed E-state index contributed by atoms with van der Waals surface area (Å²) in [5.41, 5.74) is -0.662. The monoisotopic (exact) mass is 496 g/mol. The third kappa shape index (κ3) is 5.05. The molecular formula is C20H18Br2O5. The number of rotatable bonds is 7. The van der Waals surface area contributed by atoms with Gasteiger partial charge in [-0.1, -0.05) is 56.1 Å². The molecule has 0 aliphatic carbocycles. The van der Waals surface area contributed by atoms with Gasteiger partial charge in [-0.3, -0.25) is 14.4 Å². The van der Waals surface area contributed by atoms with Gasteiger partial charge in [-0.15, -0.1) is 0 Å². The summed E-state index contributed by atoms with van der Waals surface area (Å²) in [6.45, 7) is 0. The van der Waals surface area contributed by atoms with Gasteiger partial charge in [0.25, 0.3) is 0 Å². The molecule has 0 heterocycles. The van der Waals surface area contributed by atoms with E-state index in [9.17, 15) is 14.4 Å². The number of ketones is 1.